The molecule has 1 aliphatic rings. The quantitative estimate of drug-likeness (QED) is 0.169. The number of hydrogen-bond acceptors (Lipinski definition) is 3. The monoisotopic (exact) mass is 744 g/mol. The Kier molecular flexibility index (Phi) is 7.84. The van der Waals surface area contributed by atoms with E-state index in [4.69, 9.17) is 9.97 Å². The van der Waals surface area contributed by atoms with E-state index in [0.29, 0.717) is 5.82 Å². The normalized spacial score (nSPS) is 14.5. The van der Waals surface area contributed by atoms with Crippen LogP contribution in [-0.2, 0) is 5.41 Å². The summed E-state index contributed by atoms with van der Waals surface area (Å²) in [6.45, 7) is 2.38. The Hall–Kier alpha value is -6.94. The van der Waals surface area contributed by atoms with Crippen LogP contribution in [0.5, 0.6) is 0 Å². The highest BCUT2D eigenvalue weighted by molar-refractivity contribution is 7.26. The molecule has 0 saturated heterocycles. The van der Waals surface area contributed by atoms with Crippen molar-refractivity contribution in [1.29, 1.82) is 0 Å². The van der Waals surface area contributed by atoms with E-state index in [1.807, 2.05) is 17.4 Å². The number of rotatable bonds is 6. The molecule has 0 aliphatic heterocycles. The van der Waals surface area contributed by atoms with Crippen LogP contribution in [-0.4, -0.2) is 9.97 Å². The summed E-state index contributed by atoms with van der Waals surface area (Å²) in [7, 11) is 0. The number of thiophene rings is 1. The number of fused-ring (bicyclic) bond motifs is 6. The lowest BCUT2D eigenvalue weighted by Crippen LogP contribution is -2.22. The van der Waals surface area contributed by atoms with Gasteiger partial charge < -0.3 is 0 Å². The molecule has 0 N–H and O–H groups in total. The molecule has 2 nitrogen and oxygen atoms in total. The summed E-state index contributed by atoms with van der Waals surface area (Å²) in [5.41, 5.74) is 15.9. The number of benzene rings is 8. The molecule has 11 rings (SSSR count). The second kappa shape index (κ2) is 13.4. The minimum atomic E-state index is -0.286. The van der Waals surface area contributed by atoms with Gasteiger partial charge in [-0.3, -0.25) is 0 Å². The lowest BCUT2D eigenvalue weighted by molar-refractivity contribution is 0.714. The highest BCUT2D eigenvalue weighted by atomic mass is 32.1. The SMILES string of the molecule is CC1(c2ccccc2)c2ccccc2-c2c(-c3ccccc3-c3cc(-c4cccc(-c5cccc6c5sc5ccccc56)c4)nc(-c4ccccc4)n3)cccc21. The molecule has 0 radical (unpaired) electrons. The molecule has 1 atom stereocenters. The van der Waals surface area contributed by atoms with Crippen LogP contribution in [0.15, 0.2) is 200 Å². The van der Waals surface area contributed by atoms with E-state index in [-0.39, 0.29) is 5.41 Å². The zero-order chi connectivity index (χ0) is 37.9. The van der Waals surface area contributed by atoms with Gasteiger partial charge in [0.2, 0.25) is 0 Å². The van der Waals surface area contributed by atoms with Gasteiger partial charge in [-0.1, -0.05) is 182 Å². The van der Waals surface area contributed by atoms with Gasteiger partial charge in [-0.05, 0) is 75.2 Å². The Labute approximate surface area is 336 Å². The minimum absolute atomic E-state index is 0.286. The Bertz CT molecular complexity index is 3140. The number of nitrogens with zero attached hydrogens (tertiary/aromatic N) is 2. The first-order valence-corrected chi connectivity index (χ1v) is 20.3. The zero-order valence-electron chi connectivity index (χ0n) is 31.4. The van der Waals surface area contributed by atoms with Crippen molar-refractivity contribution in [3.05, 3.63) is 217 Å². The van der Waals surface area contributed by atoms with E-state index in [9.17, 15) is 0 Å². The molecule has 57 heavy (non-hydrogen) atoms. The molecule has 0 amide bonds. The third-order valence-electron chi connectivity index (χ3n) is 11.8. The zero-order valence-corrected chi connectivity index (χ0v) is 32.2. The molecule has 0 saturated carbocycles. The fourth-order valence-corrected chi connectivity index (χ4v) is 10.3. The van der Waals surface area contributed by atoms with E-state index >= 15 is 0 Å². The fourth-order valence-electron chi connectivity index (χ4n) is 9.06. The molecule has 0 bridgehead atoms. The second-order valence-corrected chi connectivity index (χ2v) is 16.1. The van der Waals surface area contributed by atoms with Crippen molar-refractivity contribution in [3.63, 3.8) is 0 Å². The van der Waals surface area contributed by atoms with E-state index in [2.05, 4.69) is 201 Å². The van der Waals surface area contributed by atoms with Gasteiger partial charge in [0.05, 0.1) is 11.4 Å². The summed E-state index contributed by atoms with van der Waals surface area (Å²) in [5.74, 6) is 0.704. The molecule has 2 aromatic heterocycles. The predicted molar refractivity (Wildman–Crippen MR) is 240 cm³/mol. The van der Waals surface area contributed by atoms with Crippen LogP contribution in [0.3, 0.4) is 0 Å². The van der Waals surface area contributed by atoms with Gasteiger partial charge in [0.25, 0.3) is 0 Å². The average Bonchev–Trinajstić information content (AvgIpc) is 3.80. The topological polar surface area (TPSA) is 25.8 Å². The van der Waals surface area contributed by atoms with Crippen molar-refractivity contribution < 1.29 is 0 Å². The Morgan fingerprint density at radius 3 is 1.84 bits per heavy atom. The van der Waals surface area contributed by atoms with E-state index in [1.165, 1.54) is 64.7 Å². The van der Waals surface area contributed by atoms with Crippen molar-refractivity contribution in [1.82, 2.24) is 9.97 Å². The molecular weight excluding hydrogens is 709 g/mol. The van der Waals surface area contributed by atoms with Gasteiger partial charge in [-0.15, -0.1) is 11.3 Å². The molecule has 3 heteroatoms. The third-order valence-corrected chi connectivity index (χ3v) is 13.0. The summed E-state index contributed by atoms with van der Waals surface area (Å²) in [6.07, 6.45) is 0. The molecule has 2 heterocycles. The molecular formula is C54H36N2S. The number of hydrogen-bond donors (Lipinski definition) is 0. The highest BCUT2D eigenvalue weighted by Gasteiger charge is 2.41. The van der Waals surface area contributed by atoms with E-state index in [1.54, 1.807) is 0 Å². The molecule has 0 spiro atoms. The molecule has 1 aliphatic carbocycles. The first kappa shape index (κ1) is 33.4. The van der Waals surface area contributed by atoms with Crippen LogP contribution in [0.2, 0.25) is 0 Å². The predicted octanol–water partition coefficient (Wildman–Crippen LogP) is 14.5. The van der Waals surface area contributed by atoms with Gasteiger partial charge in [0.1, 0.15) is 0 Å². The Morgan fingerprint density at radius 1 is 0.404 bits per heavy atom. The summed E-state index contributed by atoms with van der Waals surface area (Å²) in [6, 6.07) is 72.1. The van der Waals surface area contributed by atoms with Gasteiger partial charge in [0.15, 0.2) is 5.82 Å². The van der Waals surface area contributed by atoms with Crippen molar-refractivity contribution >= 4 is 31.5 Å². The van der Waals surface area contributed by atoms with Crippen LogP contribution in [0.1, 0.15) is 23.6 Å². The second-order valence-electron chi connectivity index (χ2n) is 15.0. The van der Waals surface area contributed by atoms with Crippen LogP contribution in [0, 0.1) is 0 Å². The molecule has 268 valence electrons. The molecule has 0 fully saturated rings. The third kappa shape index (κ3) is 5.38. The van der Waals surface area contributed by atoms with E-state index in [0.717, 1.165) is 33.6 Å². The van der Waals surface area contributed by atoms with Gasteiger partial charge in [-0.2, -0.15) is 0 Å². The summed E-state index contributed by atoms with van der Waals surface area (Å²) < 4.78 is 2.61. The van der Waals surface area contributed by atoms with Crippen LogP contribution < -0.4 is 0 Å². The van der Waals surface area contributed by atoms with Crippen molar-refractivity contribution in [3.8, 4) is 67.3 Å². The smallest absolute Gasteiger partial charge is 0.160 e. The van der Waals surface area contributed by atoms with E-state index < -0.39 is 0 Å². The molecule has 8 aromatic carbocycles. The maximum Gasteiger partial charge on any atom is 0.160 e. The van der Waals surface area contributed by atoms with Crippen LogP contribution >= 0.6 is 11.3 Å². The molecule has 10 aromatic rings. The lowest BCUT2D eigenvalue weighted by atomic mass is 9.74. The summed E-state index contributed by atoms with van der Waals surface area (Å²) in [4.78, 5) is 10.6. The standard InChI is InChI=1S/C54H36N2S/c1-54(38-21-6-3-7-22-38)46-30-12-10-26-45(46)51-43(28-16-31-47(51)54)40-23-8-9-24-41(40)49-34-48(55-53(56-49)35-17-4-2-5-18-35)37-20-14-19-36(33-37)39-27-15-29-44-42-25-11-13-32-50(42)57-52(39)44/h2-34H,1H3. The van der Waals surface area contributed by atoms with Crippen molar-refractivity contribution in [2.45, 2.75) is 12.3 Å². The Morgan fingerprint density at radius 2 is 0.982 bits per heavy atom. The highest BCUT2D eigenvalue weighted by Crippen LogP contribution is 2.55. The van der Waals surface area contributed by atoms with Gasteiger partial charge in [-0.25, -0.2) is 9.97 Å². The van der Waals surface area contributed by atoms with Crippen molar-refractivity contribution in [2.24, 2.45) is 0 Å². The largest absolute Gasteiger partial charge is 0.228 e. The lowest BCUT2D eigenvalue weighted by Gasteiger charge is -2.28. The van der Waals surface area contributed by atoms with Crippen LogP contribution in [0.25, 0.3) is 87.5 Å². The van der Waals surface area contributed by atoms with Gasteiger partial charge in [0, 0.05) is 42.3 Å². The van der Waals surface area contributed by atoms with Crippen molar-refractivity contribution in [2.75, 3.05) is 0 Å². The average molecular weight is 745 g/mol. The number of aromatic nitrogens is 2. The van der Waals surface area contributed by atoms with Crippen LogP contribution in [0.4, 0.5) is 0 Å². The maximum atomic E-state index is 5.34. The molecule has 1 unspecified atom stereocenters. The first-order valence-electron chi connectivity index (χ1n) is 19.5. The maximum absolute atomic E-state index is 5.34. The summed E-state index contributed by atoms with van der Waals surface area (Å²) >= 11 is 1.86. The minimum Gasteiger partial charge on any atom is -0.228 e. The summed E-state index contributed by atoms with van der Waals surface area (Å²) in [5, 5.41) is 2.60. The fraction of sp³-hybridized carbons (Fsp3) is 0.0370. The first-order chi connectivity index (χ1) is 28.1. The van der Waals surface area contributed by atoms with Gasteiger partial charge >= 0.3 is 0 Å². The Balaban J connectivity index is 1.10.